The largest absolute Gasteiger partial charge is 0.371 e. The molecule has 0 bridgehead atoms. The highest BCUT2D eigenvalue weighted by molar-refractivity contribution is 5.95. The fourth-order valence-electron chi connectivity index (χ4n) is 4.22. The number of nitrogens with one attached hydrogen (secondary N) is 1. The van der Waals surface area contributed by atoms with Gasteiger partial charge < -0.3 is 10.2 Å². The van der Waals surface area contributed by atoms with Gasteiger partial charge in [-0.15, -0.1) is 0 Å². The lowest BCUT2D eigenvalue weighted by Crippen LogP contribution is -2.44. The zero-order chi connectivity index (χ0) is 22.9. The van der Waals surface area contributed by atoms with Gasteiger partial charge in [0.2, 0.25) is 0 Å². The predicted molar refractivity (Wildman–Crippen MR) is 126 cm³/mol. The van der Waals surface area contributed by atoms with Crippen LogP contribution in [0.5, 0.6) is 0 Å². The lowest BCUT2D eigenvalue weighted by atomic mass is 9.87. The minimum absolute atomic E-state index is 0.115. The Morgan fingerprint density at radius 2 is 1.72 bits per heavy atom. The summed E-state index contributed by atoms with van der Waals surface area (Å²) in [5, 5.41) is 7.39. The fraction of sp³-hybridized carbons (Fsp3) is 0.385. The van der Waals surface area contributed by atoms with Gasteiger partial charge in [-0.05, 0) is 55.0 Å². The summed E-state index contributed by atoms with van der Waals surface area (Å²) in [6, 6.07) is 15.4. The van der Waals surface area contributed by atoms with Gasteiger partial charge in [0.1, 0.15) is 11.5 Å². The van der Waals surface area contributed by atoms with Gasteiger partial charge in [0.05, 0.1) is 17.5 Å². The van der Waals surface area contributed by atoms with E-state index in [0.717, 1.165) is 25.9 Å². The number of carbonyl (C=O) groups excluding carboxylic acids is 1. The molecule has 3 aromatic rings. The maximum absolute atomic E-state index is 14.1. The van der Waals surface area contributed by atoms with Crippen molar-refractivity contribution in [1.29, 1.82) is 0 Å². The standard InChI is InChI=1S/C26H31FN4O/c1-18-22(17-28-31(18)24-8-6-5-7-23(24)27)25(32)29-20-13-15-30(16-14-20)21-11-9-19(10-12-21)26(2,3)4/h5-12,17,20H,13-16H2,1-4H3,(H,29,32). The van der Waals surface area contributed by atoms with E-state index in [0.29, 0.717) is 16.9 Å². The van der Waals surface area contributed by atoms with Gasteiger partial charge in [-0.3, -0.25) is 4.79 Å². The molecule has 6 heteroatoms. The third-order valence-electron chi connectivity index (χ3n) is 6.26. The first-order valence-electron chi connectivity index (χ1n) is 11.2. The van der Waals surface area contributed by atoms with Crippen molar-refractivity contribution in [2.75, 3.05) is 18.0 Å². The topological polar surface area (TPSA) is 50.2 Å². The number of hydrogen-bond donors (Lipinski definition) is 1. The summed E-state index contributed by atoms with van der Waals surface area (Å²) in [6.45, 7) is 10.2. The Labute approximate surface area is 189 Å². The second-order valence-electron chi connectivity index (χ2n) is 9.54. The van der Waals surface area contributed by atoms with Gasteiger partial charge in [0.25, 0.3) is 5.91 Å². The van der Waals surface area contributed by atoms with Crippen molar-refractivity contribution < 1.29 is 9.18 Å². The molecule has 2 aromatic carbocycles. The molecule has 1 fully saturated rings. The van der Waals surface area contributed by atoms with Crippen molar-refractivity contribution in [2.45, 2.75) is 52.0 Å². The zero-order valence-corrected chi connectivity index (χ0v) is 19.2. The molecule has 0 aliphatic carbocycles. The van der Waals surface area contributed by atoms with Gasteiger partial charge >= 0.3 is 0 Å². The zero-order valence-electron chi connectivity index (χ0n) is 19.2. The maximum atomic E-state index is 14.1. The number of hydrogen-bond acceptors (Lipinski definition) is 3. The molecule has 1 aromatic heterocycles. The van der Waals surface area contributed by atoms with Gasteiger partial charge in [-0.25, -0.2) is 9.07 Å². The monoisotopic (exact) mass is 434 g/mol. The molecule has 0 spiro atoms. The summed E-state index contributed by atoms with van der Waals surface area (Å²) in [4.78, 5) is 15.2. The third-order valence-corrected chi connectivity index (χ3v) is 6.26. The molecule has 0 atom stereocenters. The lowest BCUT2D eigenvalue weighted by molar-refractivity contribution is 0.0930. The molecule has 0 radical (unpaired) electrons. The Hall–Kier alpha value is -3.15. The van der Waals surface area contributed by atoms with E-state index in [2.05, 4.69) is 60.4 Å². The molecule has 0 unspecified atom stereocenters. The molecule has 1 N–H and O–H groups in total. The van der Waals surface area contributed by atoms with Crippen LogP contribution in [0.3, 0.4) is 0 Å². The first-order valence-corrected chi connectivity index (χ1v) is 11.2. The highest BCUT2D eigenvalue weighted by Gasteiger charge is 2.24. The number of aromatic nitrogens is 2. The van der Waals surface area contributed by atoms with Crippen LogP contribution < -0.4 is 10.2 Å². The van der Waals surface area contributed by atoms with Crippen LogP contribution in [0.15, 0.2) is 54.7 Å². The van der Waals surface area contributed by atoms with E-state index < -0.39 is 0 Å². The van der Waals surface area contributed by atoms with E-state index >= 15 is 0 Å². The molecular formula is C26H31FN4O. The Balaban J connectivity index is 1.37. The molecule has 1 amide bonds. The number of rotatable bonds is 4. The summed E-state index contributed by atoms with van der Waals surface area (Å²) in [7, 11) is 0. The van der Waals surface area contributed by atoms with Crippen LogP contribution in [0, 0.1) is 12.7 Å². The number of anilines is 1. The van der Waals surface area contributed by atoms with Gasteiger partial charge in [0, 0.05) is 24.8 Å². The third kappa shape index (κ3) is 4.54. The minimum atomic E-state index is -0.367. The van der Waals surface area contributed by atoms with Gasteiger partial charge in [0.15, 0.2) is 0 Å². The normalized spacial score (nSPS) is 15.1. The number of para-hydroxylation sites is 1. The summed E-state index contributed by atoms with van der Waals surface area (Å²) in [5.41, 5.74) is 4.15. The predicted octanol–water partition coefficient (Wildman–Crippen LogP) is 5.02. The van der Waals surface area contributed by atoms with E-state index in [9.17, 15) is 9.18 Å². The Bertz CT molecular complexity index is 1090. The number of benzene rings is 2. The van der Waals surface area contributed by atoms with Gasteiger partial charge in [-0.2, -0.15) is 5.10 Å². The highest BCUT2D eigenvalue weighted by Crippen LogP contribution is 2.26. The smallest absolute Gasteiger partial charge is 0.254 e. The Morgan fingerprint density at radius 1 is 1.06 bits per heavy atom. The lowest BCUT2D eigenvalue weighted by Gasteiger charge is -2.34. The number of nitrogens with zero attached hydrogens (tertiary/aromatic N) is 3. The SMILES string of the molecule is Cc1c(C(=O)NC2CCN(c3ccc(C(C)(C)C)cc3)CC2)cnn1-c1ccccc1F. The Morgan fingerprint density at radius 3 is 2.34 bits per heavy atom. The van der Waals surface area contributed by atoms with E-state index in [1.54, 1.807) is 25.1 Å². The van der Waals surface area contributed by atoms with Crippen molar-refractivity contribution in [3.05, 3.63) is 77.4 Å². The molecule has 2 heterocycles. The van der Waals surface area contributed by atoms with Crippen molar-refractivity contribution in [3.8, 4) is 5.69 Å². The molecule has 0 saturated carbocycles. The number of amides is 1. The van der Waals surface area contributed by atoms with Crippen LogP contribution in [0.25, 0.3) is 5.69 Å². The molecule has 1 aliphatic rings. The molecule has 168 valence electrons. The average Bonchev–Trinajstić information content (AvgIpc) is 3.15. The molecule has 1 saturated heterocycles. The van der Waals surface area contributed by atoms with E-state index in [1.165, 1.54) is 28.2 Å². The van der Waals surface area contributed by atoms with Crippen LogP contribution >= 0.6 is 0 Å². The minimum Gasteiger partial charge on any atom is -0.371 e. The summed E-state index contributed by atoms with van der Waals surface area (Å²) < 4.78 is 15.6. The van der Waals surface area contributed by atoms with Crippen molar-refractivity contribution in [1.82, 2.24) is 15.1 Å². The molecule has 4 rings (SSSR count). The molecule has 32 heavy (non-hydrogen) atoms. The highest BCUT2D eigenvalue weighted by atomic mass is 19.1. The average molecular weight is 435 g/mol. The first kappa shape index (κ1) is 22.1. The second-order valence-corrected chi connectivity index (χ2v) is 9.54. The molecule has 1 aliphatic heterocycles. The van der Waals surface area contributed by atoms with Crippen LogP contribution in [0.2, 0.25) is 0 Å². The maximum Gasteiger partial charge on any atom is 0.254 e. The van der Waals surface area contributed by atoms with Crippen molar-refractivity contribution >= 4 is 11.6 Å². The van der Waals surface area contributed by atoms with Crippen LogP contribution in [-0.4, -0.2) is 34.8 Å². The van der Waals surface area contributed by atoms with Crippen molar-refractivity contribution in [2.24, 2.45) is 0 Å². The van der Waals surface area contributed by atoms with E-state index in [4.69, 9.17) is 0 Å². The quantitative estimate of drug-likeness (QED) is 0.628. The summed E-state index contributed by atoms with van der Waals surface area (Å²) >= 11 is 0. The number of halogens is 1. The van der Waals surface area contributed by atoms with E-state index in [-0.39, 0.29) is 23.2 Å². The van der Waals surface area contributed by atoms with Crippen LogP contribution in [0.1, 0.15) is 55.2 Å². The molecular weight excluding hydrogens is 403 g/mol. The molecule has 5 nitrogen and oxygen atoms in total. The van der Waals surface area contributed by atoms with Crippen LogP contribution in [0.4, 0.5) is 10.1 Å². The number of piperidine rings is 1. The number of carbonyl (C=O) groups is 1. The van der Waals surface area contributed by atoms with E-state index in [1.807, 2.05) is 0 Å². The second kappa shape index (κ2) is 8.77. The first-order chi connectivity index (χ1) is 15.2. The summed E-state index contributed by atoms with van der Waals surface area (Å²) in [6.07, 6.45) is 3.28. The van der Waals surface area contributed by atoms with Crippen molar-refractivity contribution in [3.63, 3.8) is 0 Å². The van der Waals surface area contributed by atoms with Crippen LogP contribution in [-0.2, 0) is 5.41 Å². The Kier molecular flexibility index (Phi) is 6.04. The summed E-state index contributed by atoms with van der Waals surface area (Å²) in [5.74, 6) is -0.522. The fourth-order valence-corrected chi connectivity index (χ4v) is 4.22. The van der Waals surface area contributed by atoms with Gasteiger partial charge in [-0.1, -0.05) is 45.0 Å².